The van der Waals surface area contributed by atoms with Crippen LogP contribution in [0.1, 0.15) is 46.0 Å². The molecule has 2 unspecified atom stereocenters. The molecule has 2 saturated heterocycles. The van der Waals surface area contributed by atoms with Gasteiger partial charge in [0.15, 0.2) is 0 Å². The smallest absolute Gasteiger partial charge is 0.139 e. The highest BCUT2D eigenvalue weighted by atomic mass is 32.2. The number of carbonyl (C=O) groups excluding carboxylic acids is 1. The van der Waals surface area contributed by atoms with Gasteiger partial charge in [0, 0.05) is 24.2 Å². The van der Waals surface area contributed by atoms with Gasteiger partial charge in [0.25, 0.3) is 0 Å². The second-order valence-corrected chi connectivity index (χ2v) is 6.54. The summed E-state index contributed by atoms with van der Waals surface area (Å²) in [7, 11) is 0. The fourth-order valence-corrected chi connectivity index (χ4v) is 4.54. The van der Waals surface area contributed by atoms with Gasteiger partial charge < -0.3 is 4.74 Å². The minimum absolute atomic E-state index is 0.0509. The van der Waals surface area contributed by atoms with Crippen molar-refractivity contribution in [1.29, 1.82) is 0 Å². The van der Waals surface area contributed by atoms with E-state index in [1.807, 2.05) is 11.8 Å². The molecule has 1 spiro atoms. The fraction of sp³-hybridized carbons (Fsp3) is 0.929. The minimum atomic E-state index is 0.0509. The van der Waals surface area contributed by atoms with Crippen LogP contribution in [0.3, 0.4) is 0 Å². The van der Waals surface area contributed by atoms with Crippen LogP contribution in [0.2, 0.25) is 0 Å². The van der Waals surface area contributed by atoms with Crippen LogP contribution in [0.15, 0.2) is 0 Å². The topological polar surface area (TPSA) is 26.3 Å². The third-order valence-electron chi connectivity index (χ3n) is 4.35. The van der Waals surface area contributed by atoms with Gasteiger partial charge in [0.2, 0.25) is 0 Å². The zero-order valence-corrected chi connectivity index (χ0v) is 11.9. The first-order valence-corrected chi connectivity index (χ1v) is 8.11. The van der Waals surface area contributed by atoms with E-state index < -0.39 is 0 Å². The highest BCUT2D eigenvalue weighted by Gasteiger charge is 2.43. The van der Waals surface area contributed by atoms with Gasteiger partial charge in [-0.15, -0.1) is 0 Å². The highest BCUT2D eigenvalue weighted by molar-refractivity contribution is 7.99. The number of rotatable bonds is 4. The SMILES string of the molecule is CCC(CC)C(=O)C1CCOC2(CCSC2)C1. The molecule has 0 bridgehead atoms. The number of Topliss-reactive ketones (excluding diaryl/α,β-unsaturated/α-hetero) is 1. The molecular weight excluding hydrogens is 232 g/mol. The third kappa shape index (κ3) is 2.87. The van der Waals surface area contributed by atoms with E-state index in [0.29, 0.717) is 5.78 Å². The number of hydrogen-bond acceptors (Lipinski definition) is 3. The molecule has 0 aromatic heterocycles. The van der Waals surface area contributed by atoms with Crippen LogP contribution in [-0.4, -0.2) is 29.5 Å². The molecule has 2 atom stereocenters. The van der Waals surface area contributed by atoms with E-state index in [4.69, 9.17) is 4.74 Å². The van der Waals surface area contributed by atoms with Crippen molar-refractivity contribution in [2.24, 2.45) is 11.8 Å². The van der Waals surface area contributed by atoms with Crippen LogP contribution < -0.4 is 0 Å². The molecule has 0 aromatic rings. The molecule has 2 nitrogen and oxygen atoms in total. The maximum absolute atomic E-state index is 12.4. The summed E-state index contributed by atoms with van der Waals surface area (Å²) < 4.78 is 5.98. The van der Waals surface area contributed by atoms with Gasteiger partial charge in [-0.05, 0) is 37.9 Å². The van der Waals surface area contributed by atoms with Gasteiger partial charge in [-0.3, -0.25) is 4.79 Å². The maximum Gasteiger partial charge on any atom is 0.139 e. The average molecular weight is 256 g/mol. The van der Waals surface area contributed by atoms with Crippen LogP contribution in [0.25, 0.3) is 0 Å². The Hall–Kier alpha value is -0.0200. The molecular formula is C14H24O2S. The van der Waals surface area contributed by atoms with Crippen LogP contribution in [-0.2, 0) is 9.53 Å². The van der Waals surface area contributed by atoms with Crippen molar-refractivity contribution in [1.82, 2.24) is 0 Å². The summed E-state index contributed by atoms with van der Waals surface area (Å²) in [4.78, 5) is 12.4. The van der Waals surface area contributed by atoms with Crippen molar-refractivity contribution in [2.45, 2.75) is 51.6 Å². The van der Waals surface area contributed by atoms with E-state index in [9.17, 15) is 4.79 Å². The lowest BCUT2D eigenvalue weighted by atomic mass is 9.78. The van der Waals surface area contributed by atoms with Crippen molar-refractivity contribution < 1.29 is 9.53 Å². The van der Waals surface area contributed by atoms with E-state index in [-0.39, 0.29) is 17.4 Å². The van der Waals surface area contributed by atoms with E-state index in [1.54, 1.807) is 0 Å². The Bertz CT molecular complexity index is 267. The monoisotopic (exact) mass is 256 g/mol. The highest BCUT2D eigenvalue weighted by Crippen LogP contribution is 2.41. The minimum Gasteiger partial charge on any atom is -0.374 e. The van der Waals surface area contributed by atoms with Gasteiger partial charge in [0.1, 0.15) is 5.78 Å². The van der Waals surface area contributed by atoms with E-state index >= 15 is 0 Å². The summed E-state index contributed by atoms with van der Waals surface area (Å²) in [5.41, 5.74) is 0.0509. The Morgan fingerprint density at radius 2 is 2.24 bits per heavy atom. The molecule has 2 rings (SSSR count). The summed E-state index contributed by atoms with van der Waals surface area (Å²) in [5.74, 6) is 3.36. The Morgan fingerprint density at radius 3 is 2.82 bits per heavy atom. The lowest BCUT2D eigenvalue weighted by molar-refractivity contribution is -0.138. The largest absolute Gasteiger partial charge is 0.374 e. The zero-order valence-electron chi connectivity index (χ0n) is 11.0. The van der Waals surface area contributed by atoms with Crippen molar-refractivity contribution in [3.05, 3.63) is 0 Å². The molecule has 2 fully saturated rings. The van der Waals surface area contributed by atoms with E-state index in [0.717, 1.165) is 44.5 Å². The lowest BCUT2D eigenvalue weighted by Gasteiger charge is -2.38. The first-order valence-electron chi connectivity index (χ1n) is 6.96. The van der Waals surface area contributed by atoms with Crippen LogP contribution in [0, 0.1) is 11.8 Å². The fourth-order valence-electron chi connectivity index (χ4n) is 3.16. The van der Waals surface area contributed by atoms with Gasteiger partial charge in [-0.1, -0.05) is 13.8 Å². The molecule has 3 heteroatoms. The number of hydrogen-bond donors (Lipinski definition) is 0. The van der Waals surface area contributed by atoms with Crippen molar-refractivity contribution >= 4 is 17.5 Å². The molecule has 17 heavy (non-hydrogen) atoms. The van der Waals surface area contributed by atoms with Gasteiger partial charge >= 0.3 is 0 Å². The van der Waals surface area contributed by atoms with E-state index in [1.165, 1.54) is 5.75 Å². The second kappa shape index (κ2) is 5.75. The molecule has 0 amide bonds. The average Bonchev–Trinajstić information content (AvgIpc) is 2.78. The van der Waals surface area contributed by atoms with Crippen LogP contribution in [0.5, 0.6) is 0 Å². The summed E-state index contributed by atoms with van der Waals surface area (Å²) in [6.07, 6.45) is 5.06. The number of thioether (sulfide) groups is 1. The van der Waals surface area contributed by atoms with Gasteiger partial charge in [0.05, 0.1) is 5.60 Å². The molecule has 2 heterocycles. The summed E-state index contributed by atoms with van der Waals surface area (Å²) in [6.45, 7) is 5.05. The van der Waals surface area contributed by atoms with Gasteiger partial charge in [-0.2, -0.15) is 11.8 Å². The van der Waals surface area contributed by atoms with Crippen LogP contribution in [0.4, 0.5) is 0 Å². The first-order chi connectivity index (χ1) is 8.21. The van der Waals surface area contributed by atoms with Crippen molar-refractivity contribution in [2.75, 3.05) is 18.1 Å². The molecule has 2 aliphatic rings. The third-order valence-corrected chi connectivity index (χ3v) is 5.57. The Kier molecular flexibility index (Phi) is 4.53. The van der Waals surface area contributed by atoms with Crippen molar-refractivity contribution in [3.63, 3.8) is 0 Å². The number of carbonyl (C=O) groups is 1. The molecule has 0 radical (unpaired) electrons. The maximum atomic E-state index is 12.4. The number of ether oxygens (including phenoxy) is 1. The molecule has 0 N–H and O–H groups in total. The Morgan fingerprint density at radius 1 is 1.47 bits per heavy atom. The summed E-state index contributed by atoms with van der Waals surface area (Å²) >= 11 is 1.98. The molecule has 98 valence electrons. The lowest BCUT2D eigenvalue weighted by Crippen LogP contribution is -2.43. The standard InChI is InChI=1S/C14H24O2S/c1-3-11(4-2)13(15)12-5-7-16-14(9-12)6-8-17-10-14/h11-12H,3-10H2,1-2H3. The Labute approximate surface area is 109 Å². The quantitative estimate of drug-likeness (QED) is 0.772. The summed E-state index contributed by atoms with van der Waals surface area (Å²) in [6, 6.07) is 0. The van der Waals surface area contributed by atoms with Gasteiger partial charge in [-0.25, -0.2) is 0 Å². The molecule has 0 saturated carbocycles. The number of ketones is 1. The second-order valence-electron chi connectivity index (χ2n) is 5.44. The Balaban J connectivity index is 1.99. The molecule has 0 aromatic carbocycles. The predicted octanol–water partition coefficient (Wildman–Crippen LogP) is 3.29. The molecule has 2 aliphatic heterocycles. The predicted molar refractivity (Wildman–Crippen MR) is 72.4 cm³/mol. The van der Waals surface area contributed by atoms with E-state index in [2.05, 4.69) is 13.8 Å². The normalized spacial score (nSPS) is 33.5. The van der Waals surface area contributed by atoms with Crippen molar-refractivity contribution in [3.8, 4) is 0 Å². The molecule has 0 aliphatic carbocycles. The first kappa shape index (κ1) is 13.4. The van der Waals surface area contributed by atoms with Crippen LogP contribution >= 0.6 is 11.8 Å². The summed E-state index contributed by atoms with van der Waals surface area (Å²) in [5, 5.41) is 0. The zero-order chi connectivity index (χ0) is 12.3.